The van der Waals surface area contributed by atoms with Crippen molar-refractivity contribution < 1.29 is 13.9 Å². The summed E-state index contributed by atoms with van der Waals surface area (Å²) < 4.78 is 15.5. The molecular weight excluding hydrogens is 184 g/mol. The van der Waals surface area contributed by atoms with Crippen molar-refractivity contribution in [3.63, 3.8) is 0 Å². The number of benzene rings is 1. The maximum Gasteiger partial charge on any atom is 0.231 e. The fourth-order valence-electron chi connectivity index (χ4n) is 1.47. The first-order valence-electron chi connectivity index (χ1n) is 4.16. The third-order valence-corrected chi connectivity index (χ3v) is 2.15. The lowest BCUT2D eigenvalue weighted by Crippen LogP contribution is -1.97. The molecule has 0 saturated heterocycles. The van der Waals surface area contributed by atoms with Crippen molar-refractivity contribution in [1.29, 1.82) is 0 Å². The van der Waals surface area contributed by atoms with Crippen LogP contribution in [0.5, 0.6) is 11.5 Å². The largest absolute Gasteiger partial charge is 0.464 e. The quantitative estimate of drug-likeness (QED) is 0.632. The Morgan fingerprint density at radius 2 is 1.93 bits per heavy atom. The minimum atomic E-state index is -0.0791. The molecule has 0 atom stereocenters. The Labute approximate surface area is 78.7 Å². The van der Waals surface area contributed by atoms with Gasteiger partial charge in [0, 0.05) is 12.1 Å². The highest BCUT2D eigenvalue weighted by atomic mass is 16.7. The van der Waals surface area contributed by atoms with Crippen molar-refractivity contribution in [3.05, 3.63) is 34.7 Å². The van der Waals surface area contributed by atoms with Gasteiger partial charge < -0.3 is 13.9 Å². The summed E-state index contributed by atoms with van der Waals surface area (Å²) in [5.74, 6) is 1.21. The van der Waals surface area contributed by atoms with Crippen LogP contribution < -0.4 is 14.9 Å². The van der Waals surface area contributed by atoms with Crippen molar-refractivity contribution >= 4 is 11.0 Å². The number of hydrogen-bond donors (Lipinski definition) is 0. The van der Waals surface area contributed by atoms with E-state index in [2.05, 4.69) is 0 Å². The lowest BCUT2D eigenvalue weighted by molar-refractivity contribution is 0.174. The molecule has 2 aromatic rings. The fraction of sp³-hybridized carbons (Fsp3) is 0.100. The van der Waals surface area contributed by atoms with Gasteiger partial charge in [0.15, 0.2) is 16.9 Å². The average Bonchev–Trinajstić information content (AvgIpc) is 2.62. The molecular formula is C10H6O4. The molecule has 70 valence electrons. The van der Waals surface area contributed by atoms with Crippen molar-refractivity contribution in [1.82, 2.24) is 0 Å². The Morgan fingerprint density at radius 3 is 2.79 bits per heavy atom. The first kappa shape index (κ1) is 7.44. The topological polar surface area (TPSA) is 48.7 Å². The zero-order chi connectivity index (χ0) is 9.54. The Hall–Kier alpha value is -1.97. The molecule has 0 unspecified atom stereocenters. The molecule has 0 fully saturated rings. The van der Waals surface area contributed by atoms with E-state index in [-0.39, 0.29) is 12.2 Å². The summed E-state index contributed by atoms with van der Waals surface area (Å²) in [7, 11) is 0. The van der Waals surface area contributed by atoms with Crippen molar-refractivity contribution in [2.24, 2.45) is 0 Å². The SMILES string of the molecule is O=c1ccoc2cc3c(cc12)OCO3. The molecule has 0 bridgehead atoms. The normalized spacial score (nSPS) is 13.4. The van der Waals surface area contributed by atoms with Gasteiger partial charge >= 0.3 is 0 Å². The van der Waals surface area contributed by atoms with Gasteiger partial charge in [-0.2, -0.15) is 0 Å². The summed E-state index contributed by atoms with van der Waals surface area (Å²) in [6.45, 7) is 0.194. The molecule has 0 N–H and O–H groups in total. The summed E-state index contributed by atoms with van der Waals surface area (Å²) in [4.78, 5) is 11.4. The van der Waals surface area contributed by atoms with Gasteiger partial charge in [-0.25, -0.2) is 0 Å². The standard InChI is InChI=1S/C10H6O4/c11-7-1-2-12-8-4-10-9(3-6(7)8)13-5-14-10/h1-4H,5H2. The number of hydrogen-bond acceptors (Lipinski definition) is 4. The molecule has 14 heavy (non-hydrogen) atoms. The van der Waals surface area contributed by atoms with Crippen molar-refractivity contribution in [2.75, 3.05) is 6.79 Å². The first-order chi connectivity index (χ1) is 6.84. The van der Waals surface area contributed by atoms with Crippen LogP contribution in [-0.4, -0.2) is 6.79 Å². The first-order valence-corrected chi connectivity index (χ1v) is 4.16. The summed E-state index contributed by atoms with van der Waals surface area (Å²) in [6.07, 6.45) is 1.37. The van der Waals surface area contributed by atoms with Gasteiger partial charge in [0.05, 0.1) is 11.6 Å². The Bertz CT molecular complexity index is 556. The third kappa shape index (κ3) is 0.907. The van der Waals surface area contributed by atoms with Crippen LogP contribution in [0.25, 0.3) is 11.0 Å². The summed E-state index contributed by atoms with van der Waals surface area (Å²) >= 11 is 0. The second-order valence-electron chi connectivity index (χ2n) is 2.99. The maximum absolute atomic E-state index is 11.4. The van der Waals surface area contributed by atoms with E-state index in [9.17, 15) is 4.79 Å². The average molecular weight is 190 g/mol. The van der Waals surface area contributed by atoms with Crippen LogP contribution in [0.1, 0.15) is 0 Å². The fourth-order valence-corrected chi connectivity index (χ4v) is 1.47. The van der Waals surface area contributed by atoms with Gasteiger partial charge in [-0.05, 0) is 6.07 Å². The van der Waals surface area contributed by atoms with E-state index < -0.39 is 0 Å². The van der Waals surface area contributed by atoms with Crippen LogP contribution in [0.3, 0.4) is 0 Å². The van der Waals surface area contributed by atoms with Gasteiger partial charge in [-0.3, -0.25) is 4.79 Å². The maximum atomic E-state index is 11.4. The molecule has 1 aromatic heterocycles. The number of fused-ring (bicyclic) bond motifs is 2. The van der Waals surface area contributed by atoms with Crippen LogP contribution >= 0.6 is 0 Å². The second kappa shape index (κ2) is 2.51. The Balaban J connectivity index is 2.45. The summed E-state index contributed by atoms with van der Waals surface area (Å²) in [5.41, 5.74) is 0.436. The predicted molar refractivity (Wildman–Crippen MR) is 48.6 cm³/mol. The monoisotopic (exact) mass is 190 g/mol. The molecule has 2 heterocycles. The third-order valence-electron chi connectivity index (χ3n) is 2.15. The van der Waals surface area contributed by atoms with E-state index in [1.54, 1.807) is 12.1 Å². The van der Waals surface area contributed by atoms with E-state index in [0.29, 0.717) is 22.5 Å². The molecule has 0 aliphatic carbocycles. The molecule has 3 rings (SSSR count). The Morgan fingerprint density at radius 1 is 1.14 bits per heavy atom. The van der Waals surface area contributed by atoms with E-state index >= 15 is 0 Å². The van der Waals surface area contributed by atoms with Crippen LogP contribution in [0.2, 0.25) is 0 Å². The molecule has 4 heteroatoms. The van der Waals surface area contributed by atoms with Crippen molar-refractivity contribution in [2.45, 2.75) is 0 Å². The van der Waals surface area contributed by atoms with Crippen molar-refractivity contribution in [3.8, 4) is 11.5 Å². The molecule has 4 nitrogen and oxygen atoms in total. The van der Waals surface area contributed by atoms with E-state index in [4.69, 9.17) is 13.9 Å². The molecule has 0 saturated carbocycles. The van der Waals surface area contributed by atoms with Crippen LogP contribution in [-0.2, 0) is 0 Å². The van der Waals surface area contributed by atoms with Crippen LogP contribution in [0.15, 0.2) is 33.7 Å². The van der Waals surface area contributed by atoms with Gasteiger partial charge in [0.25, 0.3) is 0 Å². The number of ether oxygens (including phenoxy) is 2. The highest BCUT2D eigenvalue weighted by molar-refractivity contribution is 5.80. The smallest absolute Gasteiger partial charge is 0.231 e. The summed E-state index contributed by atoms with van der Waals surface area (Å²) in [6, 6.07) is 4.69. The molecule has 0 amide bonds. The van der Waals surface area contributed by atoms with Gasteiger partial charge in [0.2, 0.25) is 6.79 Å². The highest BCUT2D eigenvalue weighted by Gasteiger charge is 2.15. The molecule has 0 spiro atoms. The molecule has 1 aromatic carbocycles. The van der Waals surface area contributed by atoms with E-state index in [0.717, 1.165) is 0 Å². The van der Waals surface area contributed by atoms with Crippen LogP contribution in [0.4, 0.5) is 0 Å². The van der Waals surface area contributed by atoms with E-state index in [1.165, 1.54) is 12.3 Å². The van der Waals surface area contributed by atoms with E-state index in [1.807, 2.05) is 0 Å². The minimum absolute atomic E-state index is 0.0791. The lowest BCUT2D eigenvalue weighted by Gasteiger charge is -1.97. The zero-order valence-corrected chi connectivity index (χ0v) is 7.15. The molecule has 0 radical (unpaired) electrons. The van der Waals surface area contributed by atoms with Gasteiger partial charge in [-0.1, -0.05) is 0 Å². The summed E-state index contributed by atoms with van der Waals surface area (Å²) in [5, 5.41) is 0.511. The zero-order valence-electron chi connectivity index (χ0n) is 7.15. The Kier molecular flexibility index (Phi) is 1.33. The van der Waals surface area contributed by atoms with Gasteiger partial charge in [-0.15, -0.1) is 0 Å². The molecule has 1 aliphatic rings. The molecule has 1 aliphatic heterocycles. The number of rotatable bonds is 0. The predicted octanol–water partition coefficient (Wildman–Crippen LogP) is 1.52. The minimum Gasteiger partial charge on any atom is -0.464 e. The highest BCUT2D eigenvalue weighted by Crippen LogP contribution is 2.34. The lowest BCUT2D eigenvalue weighted by atomic mass is 10.2. The second-order valence-corrected chi connectivity index (χ2v) is 2.99. The van der Waals surface area contributed by atoms with Crippen LogP contribution in [0, 0.1) is 0 Å². The van der Waals surface area contributed by atoms with Gasteiger partial charge in [0.1, 0.15) is 5.58 Å².